The highest BCUT2D eigenvalue weighted by molar-refractivity contribution is 7.13. The first-order valence-electron chi connectivity index (χ1n) is 7.93. The van der Waals surface area contributed by atoms with Gasteiger partial charge in [0.2, 0.25) is 0 Å². The van der Waals surface area contributed by atoms with E-state index < -0.39 is 0 Å². The predicted molar refractivity (Wildman–Crippen MR) is 105 cm³/mol. The van der Waals surface area contributed by atoms with Crippen LogP contribution < -0.4 is 10.6 Å². The van der Waals surface area contributed by atoms with Crippen LogP contribution in [0.1, 0.15) is 29.8 Å². The quantitative estimate of drug-likeness (QED) is 0.792. The van der Waals surface area contributed by atoms with Crippen LogP contribution in [-0.4, -0.2) is 30.5 Å². The number of nitrogens with one attached hydrogen (secondary N) is 2. The minimum Gasteiger partial charge on any atom is -0.351 e. The van der Waals surface area contributed by atoms with Crippen LogP contribution in [-0.2, 0) is 0 Å². The molecule has 3 rings (SSSR count). The molecule has 8 heteroatoms. The fourth-order valence-electron chi connectivity index (χ4n) is 2.79. The van der Waals surface area contributed by atoms with E-state index in [-0.39, 0.29) is 36.5 Å². The molecule has 1 aromatic heterocycles. The summed E-state index contributed by atoms with van der Waals surface area (Å²) < 4.78 is 13.8. The van der Waals surface area contributed by atoms with Crippen molar-refractivity contribution >= 4 is 42.1 Å². The van der Waals surface area contributed by atoms with Crippen molar-refractivity contribution in [3.63, 3.8) is 0 Å². The molecule has 2 aromatic rings. The number of amides is 1. The van der Waals surface area contributed by atoms with Crippen LogP contribution in [0.15, 0.2) is 29.6 Å². The number of thiazole rings is 1. The first kappa shape index (κ1) is 21.8. The summed E-state index contributed by atoms with van der Waals surface area (Å²) in [6.45, 7) is 2.78. The van der Waals surface area contributed by atoms with Gasteiger partial charge in [0, 0.05) is 17.5 Å². The molecule has 0 radical (unpaired) electrons. The Morgan fingerprint density at radius 3 is 2.88 bits per heavy atom. The average Bonchev–Trinajstić information content (AvgIpc) is 3.06. The minimum atomic E-state index is -0.321. The molecule has 1 aliphatic rings. The third-order valence-electron chi connectivity index (χ3n) is 4.08. The number of hydrogen-bond donors (Lipinski definition) is 2. The number of carbonyl (C=O) groups is 1. The van der Waals surface area contributed by atoms with Gasteiger partial charge < -0.3 is 10.6 Å². The monoisotopic (exact) mass is 405 g/mol. The number of hydrogen-bond acceptors (Lipinski definition) is 4. The van der Waals surface area contributed by atoms with Gasteiger partial charge in [-0.3, -0.25) is 4.79 Å². The highest BCUT2D eigenvalue weighted by Gasteiger charge is 2.16. The molecule has 4 nitrogen and oxygen atoms in total. The Bertz CT molecular complexity index is 677. The van der Waals surface area contributed by atoms with Crippen LogP contribution in [0.25, 0.3) is 10.6 Å². The van der Waals surface area contributed by atoms with Crippen LogP contribution in [0, 0.1) is 11.7 Å². The normalized spacial score (nSPS) is 16.4. The van der Waals surface area contributed by atoms with E-state index in [4.69, 9.17) is 0 Å². The molecule has 1 fully saturated rings. The SMILES string of the molecule is Cl.Cl.O=C(NCCC1CCCNC1)c1csc(-c2ccccc2F)n1. The van der Waals surface area contributed by atoms with E-state index >= 15 is 0 Å². The lowest BCUT2D eigenvalue weighted by molar-refractivity contribution is 0.0946. The van der Waals surface area contributed by atoms with Crippen LogP contribution in [0.4, 0.5) is 4.39 Å². The van der Waals surface area contributed by atoms with Crippen LogP contribution in [0.2, 0.25) is 0 Å². The smallest absolute Gasteiger partial charge is 0.270 e. The fourth-order valence-corrected chi connectivity index (χ4v) is 3.61. The van der Waals surface area contributed by atoms with E-state index in [0.29, 0.717) is 28.7 Å². The summed E-state index contributed by atoms with van der Waals surface area (Å²) in [5, 5.41) is 8.49. The molecule has 1 aromatic carbocycles. The van der Waals surface area contributed by atoms with Gasteiger partial charge in [-0.15, -0.1) is 36.2 Å². The molecule has 2 N–H and O–H groups in total. The Balaban J connectivity index is 0.00000156. The maximum Gasteiger partial charge on any atom is 0.270 e. The summed E-state index contributed by atoms with van der Waals surface area (Å²) in [7, 11) is 0. The van der Waals surface area contributed by atoms with Crippen LogP contribution >= 0.6 is 36.2 Å². The largest absolute Gasteiger partial charge is 0.351 e. The van der Waals surface area contributed by atoms with Crippen molar-refractivity contribution in [2.24, 2.45) is 5.92 Å². The summed E-state index contributed by atoms with van der Waals surface area (Å²) in [6.07, 6.45) is 3.40. The second-order valence-electron chi connectivity index (χ2n) is 5.77. The molecule has 1 atom stereocenters. The van der Waals surface area contributed by atoms with Gasteiger partial charge in [0.1, 0.15) is 16.5 Å². The molecular formula is C17H22Cl2FN3OS. The van der Waals surface area contributed by atoms with E-state index in [1.165, 1.54) is 30.2 Å². The van der Waals surface area contributed by atoms with Crippen molar-refractivity contribution in [3.05, 3.63) is 41.2 Å². The third-order valence-corrected chi connectivity index (χ3v) is 4.95. The number of aromatic nitrogens is 1. The van der Waals surface area contributed by atoms with E-state index in [1.807, 2.05) is 0 Å². The van der Waals surface area contributed by atoms with Crippen LogP contribution in [0.5, 0.6) is 0 Å². The Labute approximate surface area is 163 Å². The van der Waals surface area contributed by atoms with Crippen molar-refractivity contribution in [2.75, 3.05) is 19.6 Å². The maximum atomic E-state index is 13.8. The van der Waals surface area contributed by atoms with E-state index in [1.54, 1.807) is 23.6 Å². The Hall–Kier alpha value is -1.21. The summed E-state index contributed by atoms with van der Waals surface area (Å²) in [5.74, 6) is 0.125. The molecule has 25 heavy (non-hydrogen) atoms. The number of rotatable bonds is 5. The molecule has 0 spiro atoms. The molecule has 0 saturated carbocycles. The van der Waals surface area contributed by atoms with Gasteiger partial charge in [-0.2, -0.15) is 0 Å². The molecule has 1 unspecified atom stereocenters. The standard InChI is InChI=1S/C17H20FN3OS.2ClH/c18-14-6-2-1-5-13(14)17-21-15(11-23-17)16(22)20-9-7-12-4-3-8-19-10-12;;/h1-2,5-6,11-12,19H,3-4,7-10H2,(H,20,22);2*1H. The fraction of sp³-hybridized carbons (Fsp3) is 0.412. The van der Waals surface area contributed by atoms with Gasteiger partial charge in [-0.1, -0.05) is 12.1 Å². The van der Waals surface area contributed by atoms with Crippen LogP contribution in [0.3, 0.4) is 0 Å². The second-order valence-corrected chi connectivity index (χ2v) is 6.63. The molecule has 0 bridgehead atoms. The summed E-state index contributed by atoms with van der Waals surface area (Å²) in [5.41, 5.74) is 0.792. The van der Waals surface area contributed by atoms with E-state index in [9.17, 15) is 9.18 Å². The van der Waals surface area contributed by atoms with Gasteiger partial charge >= 0.3 is 0 Å². The number of piperidine rings is 1. The van der Waals surface area contributed by atoms with Crippen molar-refractivity contribution in [2.45, 2.75) is 19.3 Å². The summed E-state index contributed by atoms with van der Waals surface area (Å²) in [6, 6.07) is 6.47. The number of benzene rings is 1. The topological polar surface area (TPSA) is 54.0 Å². The molecule has 1 saturated heterocycles. The first-order valence-corrected chi connectivity index (χ1v) is 8.81. The van der Waals surface area contributed by atoms with E-state index in [2.05, 4.69) is 15.6 Å². The van der Waals surface area contributed by atoms with Crippen molar-refractivity contribution in [3.8, 4) is 10.6 Å². The lowest BCUT2D eigenvalue weighted by Crippen LogP contribution is -2.33. The zero-order valence-corrected chi connectivity index (χ0v) is 16.1. The predicted octanol–water partition coefficient (Wildman–Crippen LogP) is 3.91. The van der Waals surface area contributed by atoms with Gasteiger partial charge in [0.05, 0.1) is 0 Å². The van der Waals surface area contributed by atoms with E-state index in [0.717, 1.165) is 19.5 Å². The molecule has 2 heterocycles. The van der Waals surface area contributed by atoms with Crippen molar-refractivity contribution < 1.29 is 9.18 Å². The number of carbonyl (C=O) groups excluding carboxylic acids is 1. The highest BCUT2D eigenvalue weighted by Crippen LogP contribution is 2.26. The summed E-state index contributed by atoms with van der Waals surface area (Å²) >= 11 is 1.28. The molecule has 1 aliphatic heterocycles. The molecule has 138 valence electrons. The van der Waals surface area contributed by atoms with Gasteiger partial charge in [0.15, 0.2) is 0 Å². The lowest BCUT2D eigenvalue weighted by atomic mass is 9.96. The van der Waals surface area contributed by atoms with Crippen molar-refractivity contribution in [1.29, 1.82) is 0 Å². The number of nitrogens with zero attached hydrogens (tertiary/aromatic N) is 1. The molecular weight excluding hydrogens is 384 g/mol. The highest BCUT2D eigenvalue weighted by atomic mass is 35.5. The van der Waals surface area contributed by atoms with Gasteiger partial charge in [-0.05, 0) is 50.4 Å². The third kappa shape index (κ3) is 5.92. The molecule has 1 amide bonds. The second kappa shape index (κ2) is 10.7. The Kier molecular flexibility index (Phi) is 9.35. The Morgan fingerprint density at radius 2 is 2.16 bits per heavy atom. The lowest BCUT2D eigenvalue weighted by Gasteiger charge is -2.22. The number of halogens is 3. The zero-order valence-electron chi connectivity index (χ0n) is 13.7. The molecule has 0 aliphatic carbocycles. The van der Waals surface area contributed by atoms with Crippen molar-refractivity contribution in [1.82, 2.24) is 15.6 Å². The summed E-state index contributed by atoms with van der Waals surface area (Å²) in [4.78, 5) is 16.4. The van der Waals surface area contributed by atoms with Gasteiger partial charge in [0.25, 0.3) is 5.91 Å². The maximum absolute atomic E-state index is 13.8. The zero-order chi connectivity index (χ0) is 16.1. The minimum absolute atomic E-state index is 0. The Morgan fingerprint density at radius 1 is 1.36 bits per heavy atom. The first-order chi connectivity index (χ1) is 11.2. The average molecular weight is 406 g/mol. The van der Waals surface area contributed by atoms with Gasteiger partial charge in [-0.25, -0.2) is 9.37 Å².